The SMILES string of the molecule is CCN(C(=O)C(C)CCl)c1cccc(C)c1. The number of rotatable bonds is 4. The van der Waals surface area contributed by atoms with Crippen LogP contribution in [0.3, 0.4) is 0 Å². The van der Waals surface area contributed by atoms with Crippen LogP contribution >= 0.6 is 11.6 Å². The van der Waals surface area contributed by atoms with E-state index in [0.717, 1.165) is 11.3 Å². The van der Waals surface area contributed by atoms with Gasteiger partial charge in [-0.25, -0.2) is 0 Å². The highest BCUT2D eigenvalue weighted by atomic mass is 35.5. The number of benzene rings is 1. The number of amides is 1. The Labute approximate surface area is 102 Å². The number of alkyl halides is 1. The topological polar surface area (TPSA) is 20.3 Å². The molecule has 0 saturated carbocycles. The van der Waals surface area contributed by atoms with Crippen LogP contribution in [0.2, 0.25) is 0 Å². The number of halogens is 1. The van der Waals surface area contributed by atoms with E-state index in [1.165, 1.54) is 0 Å². The minimum Gasteiger partial charge on any atom is -0.312 e. The van der Waals surface area contributed by atoms with Crippen LogP contribution in [0, 0.1) is 12.8 Å². The van der Waals surface area contributed by atoms with E-state index in [0.29, 0.717) is 12.4 Å². The molecule has 1 aromatic rings. The zero-order chi connectivity index (χ0) is 12.1. The summed E-state index contributed by atoms with van der Waals surface area (Å²) in [5, 5.41) is 0. The van der Waals surface area contributed by atoms with Crippen LogP contribution < -0.4 is 4.90 Å². The lowest BCUT2D eigenvalue weighted by Crippen LogP contribution is -2.35. The molecule has 3 heteroatoms. The summed E-state index contributed by atoms with van der Waals surface area (Å²) in [6.45, 7) is 6.52. The third-order valence-electron chi connectivity index (χ3n) is 2.55. The third kappa shape index (κ3) is 2.99. The normalized spacial score (nSPS) is 12.2. The molecule has 0 aromatic heterocycles. The minimum atomic E-state index is -0.137. The Morgan fingerprint density at radius 1 is 1.50 bits per heavy atom. The van der Waals surface area contributed by atoms with Gasteiger partial charge in [-0.05, 0) is 31.5 Å². The van der Waals surface area contributed by atoms with Gasteiger partial charge in [0.2, 0.25) is 5.91 Å². The van der Waals surface area contributed by atoms with E-state index in [2.05, 4.69) is 0 Å². The molecule has 0 saturated heterocycles. The van der Waals surface area contributed by atoms with Gasteiger partial charge in [-0.3, -0.25) is 4.79 Å². The maximum Gasteiger partial charge on any atom is 0.231 e. The summed E-state index contributed by atoms with van der Waals surface area (Å²) in [7, 11) is 0. The Morgan fingerprint density at radius 2 is 2.19 bits per heavy atom. The molecule has 0 N–H and O–H groups in total. The quantitative estimate of drug-likeness (QED) is 0.739. The summed E-state index contributed by atoms with van der Waals surface area (Å²) in [6, 6.07) is 7.95. The highest BCUT2D eigenvalue weighted by molar-refractivity contribution is 6.19. The number of nitrogens with zero attached hydrogens (tertiary/aromatic N) is 1. The van der Waals surface area contributed by atoms with Gasteiger partial charge in [0.1, 0.15) is 0 Å². The predicted octanol–water partition coefficient (Wildman–Crippen LogP) is 3.22. The van der Waals surface area contributed by atoms with Crippen molar-refractivity contribution >= 4 is 23.2 Å². The lowest BCUT2D eigenvalue weighted by Gasteiger charge is -2.24. The van der Waals surface area contributed by atoms with Gasteiger partial charge in [0.25, 0.3) is 0 Å². The van der Waals surface area contributed by atoms with Gasteiger partial charge in [0.15, 0.2) is 0 Å². The first kappa shape index (κ1) is 13.0. The molecule has 1 amide bonds. The van der Waals surface area contributed by atoms with Gasteiger partial charge in [-0.15, -0.1) is 11.6 Å². The largest absolute Gasteiger partial charge is 0.312 e. The number of carbonyl (C=O) groups is 1. The third-order valence-corrected chi connectivity index (χ3v) is 3.01. The summed E-state index contributed by atoms with van der Waals surface area (Å²) < 4.78 is 0. The monoisotopic (exact) mass is 239 g/mol. The molecule has 1 aromatic carbocycles. The molecule has 0 aliphatic rings. The standard InChI is InChI=1S/C13H18ClNO/c1-4-15(13(16)11(3)9-14)12-7-5-6-10(2)8-12/h5-8,11H,4,9H2,1-3H3. The van der Waals surface area contributed by atoms with E-state index < -0.39 is 0 Å². The number of hydrogen-bond acceptors (Lipinski definition) is 1. The maximum absolute atomic E-state index is 12.1. The van der Waals surface area contributed by atoms with Crippen LogP contribution in [0.5, 0.6) is 0 Å². The first-order chi connectivity index (χ1) is 7.60. The van der Waals surface area contributed by atoms with E-state index in [1.54, 1.807) is 4.90 Å². The molecule has 0 aliphatic heterocycles. The van der Waals surface area contributed by atoms with Gasteiger partial charge < -0.3 is 4.90 Å². The summed E-state index contributed by atoms with van der Waals surface area (Å²) >= 11 is 5.72. The van der Waals surface area contributed by atoms with Crippen molar-refractivity contribution in [2.75, 3.05) is 17.3 Å². The second-order valence-corrected chi connectivity index (χ2v) is 4.29. The van der Waals surface area contributed by atoms with E-state index in [9.17, 15) is 4.79 Å². The van der Waals surface area contributed by atoms with Crippen molar-refractivity contribution in [1.29, 1.82) is 0 Å². The second-order valence-electron chi connectivity index (χ2n) is 3.98. The molecule has 0 radical (unpaired) electrons. The molecule has 0 aliphatic carbocycles. The molecule has 16 heavy (non-hydrogen) atoms. The van der Waals surface area contributed by atoms with Crippen molar-refractivity contribution in [3.63, 3.8) is 0 Å². The number of aryl methyl sites for hydroxylation is 1. The van der Waals surface area contributed by atoms with E-state index >= 15 is 0 Å². The van der Waals surface area contributed by atoms with Crippen molar-refractivity contribution < 1.29 is 4.79 Å². The minimum absolute atomic E-state index is 0.0862. The van der Waals surface area contributed by atoms with Crippen LogP contribution in [0.25, 0.3) is 0 Å². The van der Waals surface area contributed by atoms with Gasteiger partial charge >= 0.3 is 0 Å². The first-order valence-corrected chi connectivity index (χ1v) is 6.07. The van der Waals surface area contributed by atoms with Crippen molar-refractivity contribution in [3.8, 4) is 0 Å². The van der Waals surface area contributed by atoms with Crippen molar-refractivity contribution in [3.05, 3.63) is 29.8 Å². The van der Waals surface area contributed by atoms with Crippen LogP contribution in [0.4, 0.5) is 5.69 Å². The van der Waals surface area contributed by atoms with Crippen molar-refractivity contribution in [1.82, 2.24) is 0 Å². The van der Waals surface area contributed by atoms with Gasteiger partial charge in [0, 0.05) is 24.0 Å². The van der Waals surface area contributed by atoms with Crippen LogP contribution in [-0.2, 0) is 4.79 Å². The van der Waals surface area contributed by atoms with Gasteiger partial charge in [-0.1, -0.05) is 19.1 Å². The Bertz CT molecular complexity index is 365. The average Bonchev–Trinajstić information content (AvgIpc) is 2.29. The van der Waals surface area contributed by atoms with E-state index in [-0.39, 0.29) is 11.8 Å². The fraction of sp³-hybridized carbons (Fsp3) is 0.462. The van der Waals surface area contributed by atoms with Gasteiger partial charge in [-0.2, -0.15) is 0 Å². The Kier molecular flexibility index (Phi) is 4.81. The zero-order valence-corrected chi connectivity index (χ0v) is 10.8. The number of anilines is 1. The lowest BCUT2D eigenvalue weighted by atomic mass is 10.1. The van der Waals surface area contributed by atoms with E-state index in [4.69, 9.17) is 11.6 Å². The smallest absolute Gasteiger partial charge is 0.231 e. The fourth-order valence-corrected chi connectivity index (χ4v) is 1.73. The van der Waals surface area contributed by atoms with Crippen LogP contribution in [-0.4, -0.2) is 18.3 Å². The number of hydrogen-bond donors (Lipinski definition) is 0. The molecule has 88 valence electrons. The molecule has 0 fully saturated rings. The molecule has 1 rings (SSSR count). The zero-order valence-electron chi connectivity index (χ0n) is 10.0. The second kappa shape index (κ2) is 5.90. The van der Waals surface area contributed by atoms with Crippen molar-refractivity contribution in [2.24, 2.45) is 5.92 Å². The summed E-state index contributed by atoms with van der Waals surface area (Å²) in [6.07, 6.45) is 0. The highest BCUT2D eigenvalue weighted by Gasteiger charge is 2.19. The fourth-order valence-electron chi connectivity index (χ4n) is 1.59. The molecule has 0 bridgehead atoms. The summed E-state index contributed by atoms with van der Waals surface area (Å²) in [5.74, 6) is 0.312. The molecule has 1 atom stereocenters. The van der Waals surface area contributed by atoms with E-state index in [1.807, 2.05) is 45.0 Å². The lowest BCUT2D eigenvalue weighted by molar-refractivity contribution is -0.121. The van der Waals surface area contributed by atoms with Gasteiger partial charge in [0.05, 0.1) is 0 Å². The Balaban J connectivity index is 2.94. The summed E-state index contributed by atoms with van der Waals surface area (Å²) in [4.78, 5) is 13.8. The first-order valence-electron chi connectivity index (χ1n) is 5.54. The molecule has 2 nitrogen and oxygen atoms in total. The molecular weight excluding hydrogens is 222 g/mol. The maximum atomic E-state index is 12.1. The Morgan fingerprint density at radius 3 is 2.69 bits per heavy atom. The molecule has 1 unspecified atom stereocenters. The molecule has 0 heterocycles. The molecular formula is C13H18ClNO. The number of carbonyl (C=O) groups excluding carboxylic acids is 1. The average molecular weight is 240 g/mol. The van der Waals surface area contributed by atoms with Crippen molar-refractivity contribution in [2.45, 2.75) is 20.8 Å². The van der Waals surface area contributed by atoms with Crippen LogP contribution in [0.15, 0.2) is 24.3 Å². The predicted molar refractivity (Wildman–Crippen MR) is 69.1 cm³/mol. The Hall–Kier alpha value is -1.02. The summed E-state index contributed by atoms with van der Waals surface area (Å²) in [5.41, 5.74) is 2.10. The van der Waals surface area contributed by atoms with Crippen LogP contribution in [0.1, 0.15) is 19.4 Å². The highest BCUT2D eigenvalue weighted by Crippen LogP contribution is 2.18. The molecule has 0 spiro atoms.